The number of ether oxygens (including phenoxy) is 1. The number of rotatable bonds is 7. The van der Waals surface area contributed by atoms with Crippen LogP contribution in [0.2, 0.25) is 0 Å². The number of nitrogens with zero attached hydrogens (tertiary/aromatic N) is 5. The lowest BCUT2D eigenvalue weighted by Gasteiger charge is -2.22. The number of nitriles is 1. The summed E-state index contributed by atoms with van der Waals surface area (Å²) in [5, 5.41) is 13.6. The van der Waals surface area contributed by atoms with E-state index in [0.29, 0.717) is 30.5 Å². The predicted octanol–water partition coefficient (Wildman–Crippen LogP) is 3.81. The lowest BCUT2D eigenvalue weighted by atomic mass is 10.1. The first-order valence-electron chi connectivity index (χ1n) is 12.6. The highest BCUT2D eigenvalue weighted by molar-refractivity contribution is 5.94. The molecule has 1 saturated heterocycles. The zero-order valence-corrected chi connectivity index (χ0v) is 21.7. The van der Waals surface area contributed by atoms with Crippen LogP contribution in [0.1, 0.15) is 51.3 Å². The first kappa shape index (κ1) is 26.1. The fraction of sp³-hybridized carbons (Fsp3) is 0.379. The summed E-state index contributed by atoms with van der Waals surface area (Å²) in [7, 11) is 1.40. The molecule has 3 aromatic rings. The molecule has 2 aromatic carbocycles. The standard InChI is InChI=1S/C29H33N5O3/c1-21-27(13-14-28(35)37-3)22(2)34(31-21)26-11-9-25(10-12-26)29(36)33-16-4-15-32(17-18-33)20-24-7-5-23(19-30)6-8-24/h5-12H,4,13-18,20H2,1-3H3. The average Bonchev–Trinajstić information content (AvgIpc) is 3.06. The van der Waals surface area contributed by atoms with Crippen LogP contribution in [-0.2, 0) is 22.5 Å². The van der Waals surface area contributed by atoms with E-state index in [1.54, 1.807) is 0 Å². The third-order valence-corrected chi connectivity index (χ3v) is 6.97. The summed E-state index contributed by atoms with van der Waals surface area (Å²) in [5.41, 5.74) is 6.29. The number of aromatic nitrogens is 2. The summed E-state index contributed by atoms with van der Waals surface area (Å²) in [6, 6.07) is 17.4. The number of carbonyl (C=O) groups excluding carboxylic acids is 2. The van der Waals surface area contributed by atoms with Crippen LogP contribution in [0.15, 0.2) is 48.5 Å². The van der Waals surface area contributed by atoms with Crippen molar-refractivity contribution in [2.75, 3.05) is 33.3 Å². The van der Waals surface area contributed by atoms with E-state index in [9.17, 15) is 9.59 Å². The number of aryl methyl sites for hydroxylation is 1. The van der Waals surface area contributed by atoms with Crippen molar-refractivity contribution in [3.05, 3.63) is 82.2 Å². The number of amides is 1. The zero-order valence-electron chi connectivity index (χ0n) is 21.7. The molecule has 8 heteroatoms. The molecule has 8 nitrogen and oxygen atoms in total. The van der Waals surface area contributed by atoms with Crippen LogP contribution in [0.4, 0.5) is 0 Å². The topological polar surface area (TPSA) is 91.5 Å². The molecule has 1 aliphatic heterocycles. The Morgan fingerprint density at radius 2 is 1.73 bits per heavy atom. The molecular weight excluding hydrogens is 466 g/mol. The van der Waals surface area contributed by atoms with Gasteiger partial charge in [0.15, 0.2) is 0 Å². The number of hydrogen-bond acceptors (Lipinski definition) is 6. The van der Waals surface area contributed by atoms with Crippen molar-refractivity contribution in [3.8, 4) is 11.8 Å². The van der Waals surface area contributed by atoms with Gasteiger partial charge in [0.2, 0.25) is 0 Å². The Bertz CT molecular complexity index is 1290. The molecule has 192 valence electrons. The molecule has 1 aromatic heterocycles. The van der Waals surface area contributed by atoms with Crippen LogP contribution < -0.4 is 0 Å². The third kappa shape index (κ3) is 6.25. The summed E-state index contributed by atoms with van der Waals surface area (Å²) in [6.45, 7) is 7.89. The number of benzene rings is 2. The Morgan fingerprint density at radius 3 is 2.41 bits per heavy atom. The molecule has 0 radical (unpaired) electrons. The molecule has 0 saturated carbocycles. The lowest BCUT2D eigenvalue weighted by molar-refractivity contribution is -0.140. The fourth-order valence-corrected chi connectivity index (χ4v) is 4.82. The number of carbonyl (C=O) groups is 2. The smallest absolute Gasteiger partial charge is 0.305 e. The van der Waals surface area contributed by atoms with Gasteiger partial charge in [-0.25, -0.2) is 4.68 Å². The summed E-state index contributed by atoms with van der Waals surface area (Å²) < 4.78 is 6.63. The number of esters is 1. The van der Waals surface area contributed by atoms with Gasteiger partial charge in [0.05, 0.1) is 30.1 Å². The van der Waals surface area contributed by atoms with Gasteiger partial charge in [-0.1, -0.05) is 12.1 Å². The molecule has 0 aliphatic carbocycles. The van der Waals surface area contributed by atoms with E-state index in [4.69, 9.17) is 10.00 Å². The highest BCUT2D eigenvalue weighted by Gasteiger charge is 2.21. The van der Waals surface area contributed by atoms with Crippen LogP contribution in [0.3, 0.4) is 0 Å². The van der Waals surface area contributed by atoms with E-state index in [1.807, 2.05) is 72.0 Å². The lowest BCUT2D eigenvalue weighted by Crippen LogP contribution is -2.35. The van der Waals surface area contributed by atoms with Crippen molar-refractivity contribution in [2.24, 2.45) is 0 Å². The first-order chi connectivity index (χ1) is 17.9. The van der Waals surface area contributed by atoms with Gasteiger partial charge >= 0.3 is 5.97 Å². The molecular formula is C29H33N5O3. The van der Waals surface area contributed by atoms with Crippen molar-refractivity contribution in [1.82, 2.24) is 19.6 Å². The highest BCUT2D eigenvalue weighted by atomic mass is 16.5. The third-order valence-electron chi connectivity index (χ3n) is 6.97. The average molecular weight is 500 g/mol. The Balaban J connectivity index is 1.38. The van der Waals surface area contributed by atoms with Gasteiger partial charge < -0.3 is 9.64 Å². The normalized spacial score (nSPS) is 14.2. The highest BCUT2D eigenvalue weighted by Crippen LogP contribution is 2.21. The van der Waals surface area contributed by atoms with Crippen molar-refractivity contribution >= 4 is 11.9 Å². The zero-order chi connectivity index (χ0) is 26.4. The largest absolute Gasteiger partial charge is 0.469 e. The molecule has 0 N–H and O–H groups in total. The van der Waals surface area contributed by atoms with Crippen molar-refractivity contribution in [1.29, 1.82) is 5.26 Å². The second-order valence-electron chi connectivity index (χ2n) is 9.41. The summed E-state index contributed by atoms with van der Waals surface area (Å²) in [4.78, 5) is 29.1. The maximum atomic E-state index is 13.2. The molecule has 0 spiro atoms. The van der Waals surface area contributed by atoms with E-state index < -0.39 is 0 Å². The van der Waals surface area contributed by atoms with Crippen LogP contribution in [0.5, 0.6) is 0 Å². The molecule has 2 heterocycles. The van der Waals surface area contributed by atoms with Crippen molar-refractivity contribution in [2.45, 2.75) is 39.7 Å². The molecule has 0 bridgehead atoms. The Kier molecular flexibility index (Phi) is 8.36. The van der Waals surface area contributed by atoms with Crippen LogP contribution in [-0.4, -0.2) is 64.7 Å². The van der Waals surface area contributed by atoms with Crippen LogP contribution in [0, 0.1) is 25.2 Å². The van der Waals surface area contributed by atoms with E-state index in [1.165, 1.54) is 12.7 Å². The van der Waals surface area contributed by atoms with Crippen LogP contribution >= 0.6 is 0 Å². The maximum Gasteiger partial charge on any atom is 0.305 e. The summed E-state index contributed by atoms with van der Waals surface area (Å²) in [6.07, 6.45) is 1.82. The molecule has 1 amide bonds. The monoisotopic (exact) mass is 499 g/mol. The minimum absolute atomic E-state index is 0.0407. The second-order valence-corrected chi connectivity index (χ2v) is 9.41. The molecule has 0 unspecified atom stereocenters. The second kappa shape index (κ2) is 11.8. The van der Waals surface area contributed by atoms with E-state index in [0.717, 1.165) is 55.2 Å². The molecule has 1 aliphatic rings. The van der Waals surface area contributed by atoms with Crippen molar-refractivity contribution < 1.29 is 14.3 Å². The van der Waals surface area contributed by atoms with E-state index in [2.05, 4.69) is 16.1 Å². The Hall–Kier alpha value is -3.96. The van der Waals surface area contributed by atoms with E-state index >= 15 is 0 Å². The van der Waals surface area contributed by atoms with Gasteiger partial charge in [-0.15, -0.1) is 0 Å². The minimum atomic E-state index is -0.236. The molecule has 1 fully saturated rings. The predicted molar refractivity (Wildman–Crippen MR) is 140 cm³/mol. The van der Waals surface area contributed by atoms with Crippen molar-refractivity contribution in [3.63, 3.8) is 0 Å². The molecule has 0 atom stereocenters. The Morgan fingerprint density at radius 1 is 1.00 bits per heavy atom. The SMILES string of the molecule is COC(=O)CCc1c(C)nn(-c2ccc(C(=O)N3CCCN(Cc4ccc(C#N)cc4)CC3)cc2)c1C. The van der Waals surface area contributed by atoms with Gasteiger partial charge in [-0.05, 0) is 74.2 Å². The molecule has 37 heavy (non-hydrogen) atoms. The van der Waals surface area contributed by atoms with Crippen LogP contribution in [0.25, 0.3) is 5.69 Å². The fourth-order valence-electron chi connectivity index (χ4n) is 4.82. The van der Waals surface area contributed by atoms with Gasteiger partial charge in [0.1, 0.15) is 0 Å². The van der Waals surface area contributed by atoms with Gasteiger partial charge in [0.25, 0.3) is 5.91 Å². The number of methoxy groups -OCH3 is 1. The van der Waals surface area contributed by atoms with Gasteiger partial charge in [-0.2, -0.15) is 10.4 Å². The Labute approximate surface area is 218 Å². The first-order valence-corrected chi connectivity index (χ1v) is 12.6. The maximum absolute atomic E-state index is 13.2. The van der Waals surface area contributed by atoms with Gasteiger partial charge in [-0.3, -0.25) is 14.5 Å². The quantitative estimate of drug-likeness (QED) is 0.459. The van der Waals surface area contributed by atoms with E-state index in [-0.39, 0.29) is 11.9 Å². The summed E-state index contributed by atoms with van der Waals surface area (Å²) >= 11 is 0. The minimum Gasteiger partial charge on any atom is -0.469 e. The number of hydrogen-bond donors (Lipinski definition) is 0. The van der Waals surface area contributed by atoms with Gasteiger partial charge in [0, 0.05) is 50.4 Å². The summed E-state index contributed by atoms with van der Waals surface area (Å²) in [5.74, 6) is -0.195. The molecule has 4 rings (SSSR count).